The molecule has 3 N–H and O–H groups in total. The van der Waals surface area contributed by atoms with Crippen LogP contribution in [0.2, 0.25) is 0 Å². The first-order valence-corrected chi connectivity index (χ1v) is 3.75. The van der Waals surface area contributed by atoms with E-state index in [1.807, 2.05) is 25.1 Å². The highest BCUT2D eigenvalue weighted by Crippen LogP contribution is 2.31. The lowest BCUT2D eigenvalue weighted by atomic mass is 10.1. The Morgan fingerprint density at radius 1 is 1.33 bits per heavy atom. The molecule has 2 rings (SSSR count). The lowest BCUT2D eigenvalue weighted by Crippen LogP contribution is -2.14. The largest absolute Gasteiger partial charge is 0.370 e. The van der Waals surface area contributed by atoms with E-state index >= 15 is 0 Å². The van der Waals surface area contributed by atoms with E-state index in [1.165, 1.54) is 0 Å². The summed E-state index contributed by atoms with van der Waals surface area (Å²) in [6.07, 6.45) is 0. The van der Waals surface area contributed by atoms with E-state index in [4.69, 9.17) is 15.4 Å². The van der Waals surface area contributed by atoms with E-state index in [2.05, 4.69) is 5.64 Å². The van der Waals surface area contributed by atoms with Crippen LogP contribution in [0, 0.1) is 0 Å². The molecule has 4 nitrogen and oxygen atoms in total. The van der Waals surface area contributed by atoms with Crippen LogP contribution in [-0.2, 0) is 0 Å². The van der Waals surface area contributed by atoms with Crippen molar-refractivity contribution in [1.82, 2.24) is 5.64 Å². The predicted molar refractivity (Wildman–Crippen MR) is 43.4 cm³/mol. The second-order valence-electron chi connectivity index (χ2n) is 2.78. The molecule has 0 spiro atoms. The molecule has 0 amide bonds. The number of benzene rings is 1. The second-order valence-corrected chi connectivity index (χ2v) is 2.78. The summed E-state index contributed by atoms with van der Waals surface area (Å²) in [6, 6.07) is 5.62. The Kier molecular flexibility index (Phi) is 1.64. The van der Waals surface area contributed by atoms with Crippen molar-refractivity contribution in [2.24, 2.45) is 5.73 Å². The Morgan fingerprint density at radius 2 is 2.08 bits per heavy atom. The Balaban J connectivity index is 2.39. The van der Waals surface area contributed by atoms with Gasteiger partial charge in [0, 0.05) is 11.7 Å². The van der Waals surface area contributed by atoms with Crippen LogP contribution in [0.15, 0.2) is 18.2 Å². The van der Waals surface area contributed by atoms with Gasteiger partial charge in [0.15, 0.2) is 11.5 Å². The van der Waals surface area contributed by atoms with Gasteiger partial charge >= 0.3 is 0 Å². The summed E-state index contributed by atoms with van der Waals surface area (Å²) in [5, 5.41) is 0. The smallest absolute Gasteiger partial charge is 0.196 e. The van der Waals surface area contributed by atoms with Gasteiger partial charge in [0.25, 0.3) is 0 Å². The van der Waals surface area contributed by atoms with Gasteiger partial charge in [-0.05, 0) is 24.6 Å². The first-order chi connectivity index (χ1) is 5.77. The third kappa shape index (κ3) is 1.11. The first-order valence-electron chi connectivity index (χ1n) is 3.75. The molecule has 12 heavy (non-hydrogen) atoms. The van der Waals surface area contributed by atoms with Crippen molar-refractivity contribution in [3.63, 3.8) is 0 Å². The zero-order valence-electron chi connectivity index (χ0n) is 6.70. The minimum atomic E-state index is 0.0134. The fourth-order valence-electron chi connectivity index (χ4n) is 1.08. The number of hydrogen-bond acceptors (Lipinski definition) is 4. The van der Waals surface area contributed by atoms with Crippen LogP contribution in [0.1, 0.15) is 18.5 Å². The van der Waals surface area contributed by atoms with Crippen molar-refractivity contribution in [1.29, 1.82) is 0 Å². The fourth-order valence-corrected chi connectivity index (χ4v) is 1.08. The van der Waals surface area contributed by atoms with Gasteiger partial charge in [-0.3, -0.25) is 0 Å². The molecule has 4 heteroatoms. The molecule has 0 saturated heterocycles. The van der Waals surface area contributed by atoms with E-state index in [9.17, 15) is 0 Å². The molecule has 0 radical (unpaired) electrons. The van der Waals surface area contributed by atoms with Gasteiger partial charge in [-0.2, -0.15) is 0 Å². The molecule has 0 aromatic heterocycles. The maximum absolute atomic E-state index is 5.69. The first kappa shape index (κ1) is 7.39. The fraction of sp³-hybridized carbons (Fsp3) is 0.250. The molecule has 1 aromatic carbocycles. The number of nitrogens with one attached hydrogen (secondary N) is 1. The van der Waals surface area contributed by atoms with Gasteiger partial charge < -0.3 is 15.4 Å². The van der Waals surface area contributed by atoms with E-state index < -0.39 is 0 Å². The second kappa shape index (κ2) is 2.66. The Bertz CT molecular complexity index is 299. The third-order valence-electron chi connectivity index (χ3n) is 1.80. The normalized spacial score (nSPS) is 16.2. The van der Waals surface area contributed by atoms with E-state index in [0.29, 0.717) is 11.5 Å². The highest BCUT2D eigenvalue weighted by Gasteiger charge is 2.14. The molecule has 1 aliphatic rings. The van der Waals surface area contributed by atoms with Gasteiger partial charge in [0.2, 0.25) is 0 Å². The van der Waals surface area contributed by atoms with Crippen molar-refractivity contribution < 1.29 is 9.68 Å². The third-order valence-corrected chi connectivity index (χ3v) is 1.80. The minimum Gasteiger partial charge on any atom is -0.370 e. The van der Waals surface area contributed by atoms with Crippen LogP contribution in [0.3, 0.4) is 0 Å². The van der Waals surface area contributed by atoms with E-state index in [1.54, 1.807) is 0 Å². The molecular weight excluding hydrogens is 156 g/mol. The zero-order valence-corrected chi connectivity index (χ0v) is 6.70. The number of rotatable bonds is 1. The van der Waals surface area contributed by atoms with Gasteiger partial charge in [-0.15, -0.1) is 0 Å². The molecule has 0 bridgehead atoms. The average molecular weight is 166 g/mol. The molecule has 1 unspecified atom stereocenters. The quantitative estimate of drug-likeness (QED) is 0.650. The number of nitrogens with two attached hydrogens (primary N) is 1. The predicted octanol–water partition coefficient (Wildman–Crippen LogP) is 0.897. The summed E-state index contributed by atoms with van der Waals surface area (Å²) in [7, 11) is 0. The van der Waals surface area contributed by atoms with Crippen molar-refractivity contribution in [2.75, 3.05) is 0 Å². The molecule has 1 aliphatic heterocycles. The summed E-state index contributed by atoms with van der Waals surface area (Å²) < 4.78 is 0. The lowest BCUT2D eigenvalue weighted by molar-refractivity contribution is 0.0259. The van der Waals surface area contributed by atoms with Gasteiger partial charge in [0.05, 0.1) is 0 Å². The summed E-state index contributed by atoms with van der Waals surface area (Å²) in [4.78, 5) is 9.88. The highest BCUT2D eigenvalue weighted by molar-refractivity contribution is 5.44. The lowest BCUT2D eigenvalue weighted by Gasteiger charge is -2.04. The van der Waals surface area contributed by atoms with Crippen LogP contribution < -0.4 is 21.1 Å². The van der Waals surface area contributed by atoms with Gasteiger partial charge in [0.1, 0.15) is 0 Å². The maximum Gasteiger partial charge on any atom is 0.196 e. The SMILES string of the molecule is CC(N)c1ccc2c(c1)ONO2. The Hall–Kier alpha value is -1.26. The molecule has 64 valence electrons. The van der Waals surface area contributed by atoms with Crippen LogP contribution in [-0.4, -0.2) is 0 Å². The van der Waals surface area contributed by atoms with Crippen molar-refractivity contribution in [3.05, 3.63) is 23.8 Å². The summed E-state index contributed by atoms with van der Waals surface area (Å²) in [5.74, 6) is 1.38. The Morgan fingerprint density at radius 3 is 2.83 bits per heavy atom. The minimum absolute atomic E-state index is 0.0134. The molecule has 0 aliphatic carbocycles. The molecule has 1 heterocycles. The summed E-state index contributed by atoms with van der Waals surface area (Å²) in [5.41, 5.74) is 9.03. The average Bonchev–Trinajstić information content (AvgIpc) is 2.49. The van der Waals surface area contributed by atoms with Crippen LogP contribution >= 0.6 is 0 Å². The standard InChI is InChI=1S/C8H10N2O2/c1-5(9)6-2-3-7-8(4-6)12-10-11-7/h2-5,10H,9H2,1H3. The molecule has 0 fully saturated rings. The monoisotopic (exact) mass is 166 g/mol. The molecule has 1 atom stereocenters. The Labute approximate surface area is 70.2 Å². The summed E-state index contributed by atoms with van der Waals surface area (Å²) in [6.45, 7) is 1.92. The molecule has 1 aromatic rings. The van der Waals surface area contributed by atoms with Crippen molar-refractivity contribution in [2.45, 2.75) is 13.0 Å². The zero-order chi connectivity index (χ0) is 8.55. The number of hydrogen-bond donors (Lipinski definition) is 2. The van der Waals surface area contributed by atoms with E-state index in [-0.39, 0.29) is 6.04 Å². The van der Waals surface area contributed by atoms with Crippen LogP contribution in [0.4, 0.5) is 0 Å². The molecular formula is C8H10N2O2. The molecule has 0 saturated carbocycles. The van der Waals surface area contributed by atoms with E-state index in [0.717, 1.165) is 5.56 Å². The van der Waals surface area contributed by atoms with Crippen molar-refractivity contribution >= 4 is 0 Å². The maximum atomic E-state index is 5.69. The van der Waals surface area contributed by atoms with Gasteiger partial charge in [-0.1, -0.05) is 6.07 Å². The summed E-state index contributed by atoms with van der Waals surface area (Å²) >= 11 is 0. The van der Waals surface area contributed by atoms with Gasteiger partial charge in [-0.25, -0.2) is 0 Å². The highest BCUT2D eigenvalue weighted by atomic mass is 16.9. The van der Waals surface area contributed by atoms with Crippen LogP contribution in [0.25, 0.3) is 0 Å². The topological polar surface area (TPSA) is 56.5 Å². The van der Waals surface area contributed by atoms with Crippen LogP contribution in [0.5, 0.6) is 11.5 Å². The number of fused-ring (bicyclic) bond motifs is 1. The van der Waals surface area contributed by atoms with Crippen molar-refractivity contribution in [3.8, 4) is 11.5 Å².